The molecule has 0 radical (unpaired) electrons. The van der Waals surface area contributed by atoms with Crippen LogP contribution in [0.1, 0.15) is 18.4 Å². The van der Waals surface area contributed by atoms with Gasteiger partial charge in [0.2, 0.25) is 0 Å². The molecule has 76 valence electrons. The predicted molar refractivity (Wildman–Crippen MR) is 47.6 cm³/mol. The van der Waals surface area contributed by atoms with Crippen LogP contribution < -0.4 is 0 Å². The Balaban J connectivity index is 2.21. The summed E-state index contributed by atoms with van der Waals surface area (Å²) in [7, 11) is 1.27. The van der Waals surface area contributed by atoms with Crippen molar-refractivity contribution in [3.8, 4) is 0 Å². The first-order chi connectivity index (χ1) is 6.70. The predicted octanol–water partition coefficient (Wildman–Crippen LogP) is 0.845. The van der Waals surface area contributed by atoms with Crippen molar-refractivity contribution in [1.29, 1.82) is 0 Å². The summed E-state index contributed by atoms with van der Waals surface area (Å²) in [5.41, 5.74) is 0.413. The number of carbonyl (C=O) groups excluding carboxylic acids is 1. The number of ether oxygens (including phenoxy) is 1. The van der Waals surface area contributed by atoms with Gasteiger partial charge in [-0.15, -0.1) is 0 Å². The highest BCUT2D eigenvalue weighted by Gasteiger charge is 2.54. The summed E-state index contributed by atoms with van der Waals surface area (Å²) in [6.07, 6.45) is 3.62. The van der Waals surface area contributed by atoms with Gasteiger partial charge in [0, 0.05) is 5.41 Å². The molecular formula is C10H12O4. The largest absolute Gasteiger partial charge is 0.472 e. The summed E-state index contributed by atoms with van der Waals surface area (Å²) in [6, 6.07) is 1.78. The molecule has 2 rings (SSSR count). The van der Waals surface area contributed by atoms with Crippen molar-refractivity contribution in [3.05, 3.63) is 24.2 Å². The minimum absolute atomic E-state index is 0.458. The van der Waals surface area contributed by atoms with E-state index in [1.807, 2.05) is 0 Å². The minimum Gasteiger partial charge on any atom is -0.472 e. The van der Waals surface area contributed by atoms with Crippen LogP contribution in [0.3, 0.4) is 0 Å². The average molecular weight is 196 g/mol. The summed E-state index contributed by atoms with van der Waals surface area (Å²) < 4.78 is 9.46. The zero-order valence-corrected chi connectivity index (χ0v) is 7.90. The molecule has 0 amide bonds. The summed E-state index contributed by atoms with van der Waals surface area (Å²) >= 11 is 0. The van der Waals surface area contributed by atoms with Gasteiger partial charge in [0.1, 0.15) is 0 Å². The van der Waals surface area contributed by atoms with Crippen molar-refractivity contribution in [2.75, 3.05) is 7.11 Å². The van der Waals surface area contributed by atoms with Gasteiger partial charge < -0.3 is 14.3 Å². The molecule has 1 unspecified atom stereocenters. The number of aliphatic hydroxyl groups is 1. The van der Waals surface area contributed by atoms with Gasteiger partial charge >= 0.3 is 5.97 Å². The van der Waals surface area contributed by atoms with Crippen LogP contribution in [0, 0.1) is 0 Å². The maximum atomic E-state index is 11.2. The van der Waals surface area contributed by atoms with Gasteiger partial charge in [-0.3, -0.25) is 0 Å². The lowest BCUT2D eigenvalue weighted by Gasteiger charge is -2.18. The fraction of sp³-hybridized carbons (Fsp3) is 0.500. The van der Waals surface area contributed by atoms with Crippen LogP contribution in [0.4, 0.5) is 0 Å². The van der Waals surface area contributed by atoms with Gasteiger partial charge in [-0.1, -0.05) is 0 Å². The molecule has 1 aliphatic rings. The van der Waals surface area contributed by atoms with Gasteiger partial charge in [-0.2, -0.15) is 0 Å². The molecule has 1 heterocycles. The Morgan fingerprint density at radius 1 is 1.71 bits per heavy atom. The highest BCUT2D eigenvalue weighted by atomic mass is 16.5. The Labute approximate surface area is 81.5 Å². The summed E-state index contributed by atoms with van der Waals surface area (Å²) in [4.78, 5) is 11.2. The number of rotatable bonds is 3. The molecule has 1 aromatic rings. The molecule has 0 bridgehead atoms. The molecular weight excluding hydrogens is 184 g/mol. The fourth-order valence-electron chi connectivity index (χ4n) is 1.74. The lowest BCUT2D eigenvalue weighted by Crippen LogP contribution is -2.34. The number of hydrogen-bond donors (Lipinski definition) is 1. The zero-order chi connectivity index (χ0) is 10.2. The van der Waals surface area contributed by atoms with Crippen LogP contribution in [0.25, 0.3) is 0 Å². The minimum atomic E-state index is -1.08. The van der Waals surface area contributed by atoms with Crippen molar-refractivity contribution in [2.45, 2.75) is 24.4 Å². The van der Waals surface area contributed by atoms with E-state index in [0.29, 0.717) is 0 Å². The van der Waals surface area contributed by atoms with E-state index in [1.54, 1.807) is 18.6 Å². The van der Waals surface area contributed by atoms with Crippen molar-refractivity contribution < 1.29 is 19.1 Å². The molecule has 0 spiro atoms. The monoisotopic (exact) mass is 196 g/mol. The molecule has 4 nitrogen and oxygen atoms in total. The second-order valence-corrected chi connectivity index (χ2v) is 3.59. The van der Waals surface area contributed by atoms with Gasteiger partial charge in [0.15, 0.2) is 6.10 Å². The number of furan rings is 1. The maximum Gasteiger partial charge on any atom is 0.335 e. The molecule has 14 heavy (non-hydrogen) atoms. The number of hydrogen-bond acceptors (Lipinski definition) is 4. The Kier molecular flexibility index (Phi) is 2.07. The molecule has 1 atom stereocenters. The lowest BCUT2D eigenvalue weighted by atomic mass is 9.92. The SMILES string of the molecule is COC(=O)C(O)C1(c2ccoc2)CC1. The third-order valence-corrected chi connectivity index (χ3v) is 2.83. The molecule has 0 aromatic carbocycles. The Morgan fingerprint density at radius 3 is 2.86 bits per heavy atom. The Bertz CT molecular complexity index is 324. The third-order valence-electron chi connectivity index (χ3n) is 2.83. The van der Waals surface area contributed by atoms with Crippen LogP contribution in [-0.2, 0) is 14.9 Å². The number of esters is 1. The van der Waals surface area contributed by atoms with E-state index in [1.165, 1.54) is 7.11 Å². The number of methoxy groups -OCH3 is 1. The van der Waals surface area contributed by atoms with Crippen molar-refractivity contribution in [2.24, 2.45) is 0 Å². The van der Waals surface area contributed by atoms with E-state index in [0.717, 1.165) is 18.4 Å². The Morgan fingerprint density at radius 2 is 2.43 bits per heavy atom. The molecule has 1 fully saturated rings. The molecule has 0 aliphatic heterocycles. The standard InChI is InChI=1S/C10H12O4/c1-13-9(12)8(11)10(3-4-10)7-2-5-14-6-7/h2,5-6,8,11H,3-4H2,1H3. The van der Waals surface area contributed by atoms with Gasteiger partial charge in [0.05, 0.1) is 19.6 Å². The topological polar surface area (TPSA) is 59.7 Å². The molecule has 1 aliphatic carbocycles. The van der Waals surface area contributed by atoms with Gasteiger partial charge in [-0.05, 0) is 24.5 Å². The van der Waals surface area contributed by atoms with E-state index < -0.39 is 17.5 Å². The van der Waals surface area contributed by atoms with Crippen LogP contribution in [-0.4, -0.2) is 24.3 Å². The first-order valence-corrected chi connectivity index (χ1v) is 4.49. The Hall–Kier alpha value is -1.29. The third kappa shape index (κ3) is 1.23. The van der Waals surface area contributed by atoms with Crippen molar-refractivity contribution in [1.82, 2.24) is 0 Å². The van der Waals surface area contributed by atoms with Gasteiger partial charge in [-0.25, -0.2) is 4.79 Å². The number of carbonyl (C=O) groups is 1. The zero-order valence-electron chi connectivity index (χ0n) is 7.90. The van der Waals surface area contributed by atoms with E-state index in [-0.39, 0.29) is 0 Å². The van der Waals surface area contributed by atoms with Crippen molar-refractivity contribution >= 4 is 5.97 Å². The lowest BCUT2D eigenvalue weighted by molar-refractivity contribution is -0.152. The quantitative estimate of drug-likeness (QED) is 0.728. The molecule has 1 N–H and O–H groups in total. The normalized spacial score (nSPS) is 20.1. The molecule has 1 aromatic heterocycles. The van der Waals surface area contributed by atoms with Gasteiger partial charge in [0.25, 0.3) is 0 Å². The van der Waals surface area contributed by atoms with E-state index in [4.69, 9.17) is 4.42 Å². The number of aliphatic hydroxyl groups excluding tert-OH is 1. The highest BCUT2D eigenvalue weighted by molar-refractivity contribution is 5.77. The first kappa shape index (κ1) is 9.27. The summed E-state index contributed by atoms with van der Waals surface area (Å²) in [6.45, 7) is 0. The first-order valence-electron chi connectivity index (χ1n) is 4.49. The van der Waals surface area contributed by atoms with Crippen LogP contribution in [0.15, 0.2) is 23.0 Å². The maximum absolute atomic E-state index is 11.2. The van der Waals surface area contributed by atoms with E-state index in [9.17, 15) is 9.90 Å². The van der Waals surface area contributed by atoms with Crippen LogP contribution >= 0.6 is 0 Å². The van der Waals surface area contributed by atoms with E-state index in [2.05, 4.69) is 4.74 Å². The second kappa shape index (κ2) is 3.13. The fourth-order valence-corrected chi connectivity index (χ4v) is 1.74. The van der Waals surface area contributed by atoms with Crippen LogP contribution in [0.5, 0.6) is 0 Å². The smallest absolute Gasteiger partial charge is 0.335 e. The molecule has 0 saturated heterocycles. The average Bonchev–Trinajstić information content (AvgIpc) is 2.84. The summed E-state index contributed by atoms with van der Waals surface area (Å²) in [5.74, 6) is -0.580. The highest BCUT2D eigenvalue weighted by Crippen LogP contribution is 2.51. The van der Waals surface area contributed by atoms with Crippen molar-refractivity contribution in [3.63, 3.8) is 0 Å². The van der Waals surface area contributed by atoms with Crippen LogP contribution in [0.2, 0.25) is 0 Å². The summed E-state index contributed by atoms with van der Waals surface area (Å²) in [5, 5.41) is 9.76. The molecule has 4 heteroatoms. The second-order valence-electron chi connectivity index (χ2n) is 3.59. The molecule has 1 saturated carbocycles. The van der Waals surface area contributed by atoms with E-state index >= 15 is 0 Å².